The molecule has 0 saturated carbocycles. The van der Waals surface area contributed by atoms with Crippen LogP contribution in [0.5, 0.6) is 5.75 Å². The third kappa shape index (κ3) is 4.85. The van der Waals surface area contributed by atoms with Crippen LogP contribution in [0.15, 0.2) is 59.6 Å². The first-order valence-electron chi connectivity index (χ1n) is 8.46. The molecule has 5 nitrogen and oxygen atoms in total. The molecule has 0 aliphatic carbocycles. The molecule has 0 radical (unpaired) electrons. The number of nitrogens with one attached hydrogen (secondary N) is 1. The van der Waals surface area contributed by atoms with E-state index in [2.05, 4.69) is 21.5 Å². The predicted octanol–water partition coefficient (Wildman–Crippen LogP) is 3.21. The number of nitrogens with zero attached hydrogens (tertiary/aromatic N) is 1. The zero-order chi connectivity index (χ0) is 19.3. The van der Waals surface area contributed by atoms with Crippen molar-refractivity contribution >= 4 is 20.9 Å². The van der Waals surface area contributed by atoms with Crippen LogP contribution < -0.4 is 9.46 Å². The Hall–Kier alpha value is -2.88. The van der Waals surface area contributed by atoms with Gasteiger partial charge in [0.15, 0.2) is 0 Å². The van der Waals surface area contributed by atoms with E-state index < -0.39 is 10.0 Å². The summed E-state index contributed by atoms with van der Waals surface area (Å²) in [6.45, 7) is 4.02. The second kappa shape index (κ2) is 8.21. The van der Waals surface area contributed by atoms with Crippen LogP contribution in [0.4, 0.5) is 0 Å². The zero-order valence-corrected chi connectivity index (χ0v) is 16.0. The Balaban J connectivity index is 1.53. The molecule has 6 heteroatoms. The lowest BCUT2D eigenvalue weighted by atomic mass is 10.1. The molecular weight excluding hydrogens is 360 g/mol. The van der Waals surface area contributed by atoms with Gasteiger partial charge < -0.3 is 4.74 Å². The van der Waals surface area contributed by atoms with Gasteiger partial charge in [-0.3, -0.25) is 4.98 Å². The van der Waals surface area contributed by atoms with Crippen molar-refractivity contribution in [1.29, 1.82) is 0 Å². The normalized spacial score (nSPS) is 11.0. The molecule has 1 N–H and O–H groups in total. The largest absolute Gasteiger partial charge is 0.481 e. The molecule has 0 unspecified atom stereocenters. The van der Waals surface area contributed by atoms with Crippen LogP contribution in [0.1, 0.15) is 11.1 Å². The molecule has 0 spiro atoms. The van der Waals surface area contributed by atoms with Gasteiger partial charge in [-0.1, -0.05) is 24.0 Å². The van der Waals surface area contributed by atoms with Gasteiger partial charge in [0.2, 0.25) is 10.0 Å². The molecule has 1 heterocycles. The Morgan fingerprint density at radius 2 is 1.89 bits per heavy atom. The standard InChI is InChI=1S/C21H20N2O3S/c1-16-7-10-20(14-17(16)2)27(24,25)23-12-3-4-13-26-19-9-8-18-6-5-11-22-21(18)15-19/h5-11,14-15,23H,12-13H2,1-2H3. The number of rotatable bonds is 5. The maximum atomic E-state index is 12.3. The van der Waals surface area contributed by atoms with Crippen molar-refractivity contribution < 1.29 is 13.2 Å². The van der Waals surface area contributed by atoms with E-state index in [1.54, 1.807) is 24.4 Å². The number of benzene rings is 2. The summed E-state index contributed by atoms with van der Waals surface area (Å²) in [5.41, 5.74) is 2.83. The smallest absolute Gasteiger partial charge is 0.241 e. The second-order valence-electron chi connectivity index (χ2n) is 6.07. The Morgan fingerprint density at radius 3 is 2.70 bits per heavy atom. The maximum Gasteiger partial charge on any atom is 0.241 e. The van der Waals surface area contributed by atoms with Crippen LogP contribution >= 0.6 is 0 Å². The third-order valence-electron chi connectivity index (χ3n) is 4.15. The van der Waals surface area contributed by atoms with Crippen molar-refractivity contribution in [2.24, 2.45) is 0 Å². The SMILES string of the molecule is Cc1ccc(S(=O)(=O)NCC#CCOc2ccc3cccnc3c2)cc1C. The minimum atomic E-state index is -3.56. The van der Waals surface area contributed by atoms with E-state index in [9.17, 15) is 8.42 Å². The molecule has 0 aliphatic rings. The van der Waals surface area contributed by atoms with Gasteiger partial charge in [-0.15, -0.1) is 0 Å². The number of ether oxygens (including phenoxy) is 1. The van der Waals surface area contributed by atoms with E-state index in [-0.39, 0.29) is 18.0 Å². The van der Waals surface area contributed by atoms with E-state index >= 15 is 0 Å². The van der Waals surface area contributed by atoms with Gasteiger partial charge in [-0.2, -0.15) is 4.72 Å². The number of aromatic nitrogens is 1. The summed E-state index contributed by atoms with van der Waals surface area (Å²) in [7, 11) is -3.56. The van der Waals surface area contributed by atoms with Gasteiger partial charge in [-0.05, 0) is 55.3 Å². The molecular formula is C21H20N2O3S. The number of aryl methyl sites for hydroxylation is 2. The van der Waals surface area contributed by atoms with Crippen LogP contribution in [-0.2, 0) is 10.0 Å². The molecule has 0 saturated heterocycles. The van der Waals surface area contributed by atoms with Crippen LogP contribution in [0, 0.1) is 25.7 Å². The van der Waals surface area contributed by atoms with Crippen molar-refractivity contribution in [2.75, 3.05) is 13.2 Å². The maximum absolute atomic E-state index is 12.3. The van der Waals surface area contributed by atoms with Gasteiger partial charge in [0.1, 0.15) is 12.4 Å². The minimum absolute atomic E-state index is 0.0257. The number of fused-ring (bicyclic) bond motifs is 1. The molecule has 0 aliphatic heterocycles. The summed E-state index contributed by atoms with van der Waals surface area (Å²) in [5, 5.41) is 1.04. The number of hydrogen-bond donors (Lipinski definition) is 1. The molecule has 0 bridgehead atoms. The molecule has 1 aromatic heterocycles. The molecule has 3 rings (SSSR count). The summed E-state index contributed by atoms with van der Waals surface area (Å²) < 4.78 is 32.6. The molecule has 3 aromatic rings. The molecule has 0 fully saturated rings. The van der Waals surface area contributed by atoms with Crippen LogP contribution in [0.25, 0.3) is 10.9 Å². The van der Waals surface area contributed by atoms with Gasteiger partial charge >= 0.3 is 0 Å². The summed E-state index contributed by atoms with van der Waals surface area (Å²) >= 11 is 0. The van der Waals surface area contributed by atoms with Crippen LogP contribution in [0.3, 0.4) is 0 Å². The van der Waals surface area contributed by atoms with E-state index in [1.807, 2.05) is 44.2 Å². The third-order valence-corrected chi connectivity index (χ3v) is 5.55. The highest BCUT2D eigenvalue weighted by atomic mass is 32.2. The summed E-state index contributed by atoms with van der Waals surface area (Å²) in [6.07, 6.45) is 1.73. The quantitative estimate of drug-likeness (QED) is 0.690. The highest BCUT2D eigenvalue weighted by Crippen LogP contribution is 2.18. The average molecular weight is 380 g/mol. The number of pyridine rings is 1. The summed E-state index contributed by atoms with van der Waals surface area (Å²) in [6, 6.07) is 14.5. The Morgan fingerprint density at radius 1 is 1.04 bits per heavy atom. The molecule has 0 amide bonds. The average Bonchev–Trinajstić information content (AvgIpc) is 2.66. The molecule has 2 aromatic carbocycles. The van der Waals surface area contributed by atoms with E-state index in [0.717, 1.165) is 22.0 Å². The van der Waals surface area contributed by atoms with Crippen molar-refractivity contribution in [3.05, 3.63) is 65.9 Å². The van der Waals surface area contributed by atoms with Crippen molar-refractivity contribution in [3.63, 3.8) is 0 Å². The van der Waals surface area contributed by atoms with Crippen LogP contribution in [-0.4, -0.2) is 26.6 Å². The van der Waals surface area contributed by atoms with E-state index in [0.29, 0.717) is 5.75 Å². The topological polar surface area (TPSA) is 68.3 Å². The van der Waals surface area contributed by atoms with Crippen molar-refractivity contribution in [1.82, 2.24) is 9.71 Å². The lowest BCUT2D eigenvalue weighted by molar-refractivity contribution is 0.370. The lowest BCUT2D eigenvalue weighted by Gasteiger charge is -2.06. The fourth-order valence-corrected chi connectivity index (χ4v) is 3.47. The highest BCUT2D eigenvalue weighted by molar-refractivity contribution is 7.89. The van der Waals surface area contributed by atoms with Crippen molar-refractivity contribution in [2.45, 2.75) is 18.7 Å². The molecule has 0 atom stereocenters. The minimum Gasteiger partial charge on any atom is -0.481 e. The number of hydrogen-bond acceptors (Lipinski definition) is 4. The van der Waals surface area contributed by atoms with Gasteiger partial charge in [0.25, 0.3) is 0 Å². The van der Waals surface area contributed by atoms with Gasteiger partial charge in [0, 0.05) is 17.6 Å². The van der Waals surface area contributed by atoms with Crippen molar-refractivity contribution in [3.8, 4) is 17.6 Å². The fourth-order valence-electron chi connectivity index (χ4n) is 2.46. The monoisotopic (exact) mass is 380 g/mol. The Kier molecular flexibility index (Phi) is 5.75. The molecule has 138 valence electrons. The Bertz CT molecular complexity index is 1130. The van der Waals surface area contributed by atoms with Crippen LogP contribution in [0.2, 0.25) is 0 Å². The van der Waals surface area contributed by atoms with Gasteiger partial charge in [-0.25, -0.2) is 8.42 Å². The first-order chi connectivity index (χ1) is 13.0. The zero-order valence-electron chi connectivity index (χ0n) is 15.2. The summed E-state index contributed by atoms with van der Waals surface area (Å²) in [5.74, 6) is 6.24. The highest BCUT2D eigenvalue weighted by Gasteiger charge is 2.13. The van der Waals surface area contributed by atoms with Gasteiger partial charge in [0.05, 0.1) is 17.0 Å². The van der Waals surface area contributed by atoms with E-state index in [4.69, 9.17) is 4.74 Å². The Labute approximate surface area is 159 Å². The molecule has 27 heavy (non-hydrogen) atoms. The fraction of sp³-hybridized carbons (Fsp3) is 0.190. The van der Waals surface area contributed by atoms with E-state index in [1.165, 1.54) is 0 Å². The lowest BCUT2D eigenvalue weighted by Crippen LogP contribution is -2.24. The predicted molar refractivity (Wildman–Crippen MR) is 106 cm³/mol. The first kappa shape index (κ1) is 18.9. The second-order valence-corrected chi connectivity index (χ2v) is 7.84. The first-order valence-corrected chi connectivity index (χ1v) is 9.94. The number of sulfonamides is 1. The summed E-state index contributed by atoms with van der Waals surface area (Å²) in [4.78, 5) is 4.52.